The zero-order chi connectivity index (χ0) is 13.9. The summed E-state index contributed by atoms with van der Waals surface area (Å²) in [6, 6.07) is 0. The van der Waals surface area contributed by atoms with Crippen molar-refractivity contribution >= 4 is 5.82 Å². The molecule has 0 atom stereocenters. The topological polar surface area (TPSA) is 90.7 Å². The highest BCUT2D eigenvalue weighted by Gasteiger charge is 2.26. The highest BCUT2D eigenvalue weighted by molar-refractivity contribution is 5.61. The average molecular weight is 273 g/mol. The summed E-state index contributed by atoms with van der Waals surface area (Å²) in [4.78, 5) is 12.6. The Morgan fingerprint density at radius 3 is 2.65 bits per heavy atom. The first-order chi connectivity index (χ1) is 9.78. The summed E-state index contributed by atoms with van der Waals surface area (Å²) < 4.78 is 5.29. The van der Waals surface area contributed by atoms with Crippen LogP contribution in [0.25, 0.3) is 11.6 Å². The number of hydrogen-bond donors (Lipinski definition) is 1. The third-order valence-electron chi connectivity index (χ3n) is 4.16. The maximum atomic E-state index is 5.78. The lowest BCUT2D eigenvalue weighted by molar-refractivity contribution is 0.305. The van der Waals surface area contributed by atoms with E-state index < -0.39 is 0 Å². The molecule has 0 aliphatic heterocycles. The molecule has 1 aliphatic rings. The third-order valence-corrected chi connectivity index (χ3v) is 4.16. The van der Waals surface area contributed by atoms with Crippen LogP contribution in [0.2, 0.25) is 0 Å². The average Bonchev–Trinajstić information content (AvgIpc) is 2.97. The van der Waals surface area contributed by atoms with Gasteiger partial charge in [0.2, 0.25) is 0 Å². The van der Waals surface area contributed by atoms with Gasteiger partial charge in [-0.15, -0.1) is 0 Å². The summed E-state index contributed by atoms with van der Waals surface area (Å²) in [6.07, 6.45) is 9.14. The normalized spacial score (nSPS) is 22.9. The van der Waals surface area contributed by atoms with E-state index in [1.165, 1.54) is 19.3 Å². The van der Waals surface area contributed by atoms with Crippen molar-refractivity contribution in [3.8, 4) is 11.6 Å². The van der Waals surface area contributed by atoms with Gasteiger partial charge in [0.25, 0.3) is 5.89 Å². The highest BCUT2D eigenvalue weighted by atomic mass is 16.5. The Morgan fingerprint density at radius 2 is 1.95 bits per heavy atom. The van der Waals surface area contributed by atoms with Gasteiger partial charge in [-0.25, -0.2) is 9.97 Å². The molecule has 20 heavy (non-hydrogen) atoms. The Labute approximate surface area is 117 Å². The van der Waals surface area contributed by atoms with Gasteiger partial charge < -0.3 is 10.3 Å². The van der Waals surface area contributed by atoms with Crippen LogP contribution in [-0.4, -0.2) is 20.1 Å². The Morgan fingerprint density at radius 1 is 1.20 bits per heavy atom. The summed E-state index contributed by atoms with van der Waals surface area (Å²) in [7, 11) is 0. The van der Waals surface area contributed by atoms with E-state index in [0.717, 1.165) is 24.6 Å². The van der Waals surface area contributed by atoms with Crippen LogP contribution in [0.1, 0.15) is 50.8 Å². The van der Waals surface area contributed by atoms with Gasteiger partial charge in [0, 0.05) is 18.3 Å². The first kappa shape index (κ1) is 13.0. The second-order valence-electron chi connectivity index (χ2n) is 5.37. The van der Waals surface area contributed by atoms with E-state index in [2.05, 4.69) is 27.0 Å². The fraction of sp³-hybridized carbons (Fsp3) is 0.571. The zero-order valence-electron chi connectivity index (χ0n) is 11.6. The first-order valence-corrected chi connectivity index (χ1v) is 7.18. The van der Waals surface area contributed by atoms with E-state index in [4.69, 9.17) is 10.3 Å². The van der Waals surface area contributed by atoms with Crippen molar-refractivity contribution in [1.82, 2.24) is 20.1 Å². The zero-order valence-corrected chi connectivity index (χ0v) is 11.6. The number of hydrogen-bond acceptors (Lipinski definition) is 6. The minimum Gasteiger partial charge on any atom is -0.382 e. The van der Waals surface area contributed by atoms with Gasteiger partial charge in [0.1, 0.15) is 0 Å². The van der Waals surface area contributed by atoms with Crippen molar-refractivity contribution in [2.45, 2.75) is 44.9 Å². The summed E-state index contributed by atoms with van der Waals surface area (Å²) in [5, 5.41) is 4.10. The standard InChI is InChI=1S/C14H19N5O/c1-2-9-3-5-10(6-4-9)13-18-14(20-19-13)11-12(15)17-8-7-16-11/h7-10H,2-6H2,1H3,(H2,15,17). The molecule has 1 fully saturated rings. The van der Waals surface area contributed by atoms with Gasteiger partial charge in [-0.1, -0.05) is 18.5 Å². The van der Waals surface area contributed by atoms with Gasteiger partial charge >= 0.3 is 0 Å². The lowest BCUT2D eigenvalue weighted by atomic mass is 9.80. The predicted octanol–water partition coefficient (Wildman–Crippen LogP) is 2.79. The SMILES string of the molecule is CCC1CCC(c2noc(-c3nccnc3N)n2)CC1. The van der Waals surface area contributed by atoms with E-state index in [1.807, 2.05) is 0 Å². The number of nitrogen functional groups attached to an aromatic ring is 1. The molecule has 3 rings (SSSR count). The molecular weight excluding hydrogens is 254 g/mol. The van der Waals surface area contributed by atoms with Crippen molar-refractivity contribution in [3.05, 3.63) is 18.2 Å². The minimum atomic E-state index is 0.317. The molecule has 0 amide bonds. The fourth-order valence-electron chi connectivity index (χ4n) is 2.84. The Bertz CT molecular complexity index is 574. The second kappa shape index (κ2) is 5.56. The molecule has 0 saturated heterocycles. The molecule has 6 nitrogen and oxygen atoms in total. The van der Waals surface area contributed by atoms with Crippen LogP contribution in [0.4, 0.5) is 5.82 Å². The Hall–Kier alpha value is -1.98. The first-order valence-electron chi connectivity index (χ1n) is 7.18. The monoisotopic (exact) mass is 273 g/mol. The molecule has 2 heterocycles. The van der Waals surface area contributed by atoms with Gasteiger partial charge in [0.05, 0.1) is 0 Å². The summed E-state index contributed by atoms with van der Waals surface area (Å²) in [6.45, 7) is 2.26. The van der Waals surface area contributed by atoms with Crippen molar-refractivity contribution in [3.63, 3.8) is 0 Å². The van der Waals surface area contributed by atoms with Gasteiger partial charge in [-0.3, -0.25) is 0 Å². The van der Waals surface area contributed by atoms with E-state index in [0.29, 0.717) is 23.3 Å². The Kier molecular flexibility index (Phi) is 3.62. The molecule has 1 saturated carbocycles. The maximum absolute atomic E-state index is 5.78. The second-order valence-corrected chi connectivity index (χ2v) is 5.37. The van der Waals surface area contributed by atoms with Crippen LogP contribution >= 0.6 is 0 Å². The molecule has 0 spiro atoms. The third kappa shape index (κ3) is 2.50. The van der Waals surface area contributed by atoms with Gasteiger partial charge in [-0.05, 0) is 31.6 Å². The van der Waals surface area contributed by atoms with Crippen LogP contribution in [0.3, 0.4) is 0 Å². The van der Waals surface area contributed by atoms with E-state index in [1.54, 1.807) is 12.4 Å². The van der Waals surface area contributed by atoms with Crippen LogP contribution in [-0.2, 0) is 0 Å². The summed E-state index contributed by atoms with van der Waals surface area (Å²) in [5.74, 6) is 2.71. The molecule has 106 valence electrons. The van der Waals surface area contributed by atoms with Crippen molar-refractivity contribution in [2.24, 2.45) is 5.92 Å². The van der Waals surface area contributed by atoms with Crippen LogP contribution < -0.4 is 5.73 Å². The predicted molar refractivity (Wildman–Crippen MR) is 74.7 cm³/mol. The van der Waals surface area contributed by atoms with E-state index in [-0.39, 0.29) is 0 Å². The molecule has 0 bridgehead atoms. The van der Waals surface area contributed by atoms with E-state index in [9.17, 15) is 0 Å². The molecule has 2 N–H and O–H groups in total. The molecular formula is C14H19N5O. The minimum absolute atomic E-state index is 0.317. The van der Waals surface area contributed by atoms with Crippen molar-refractivity contribution in [2.75, 3.05) is 5.73 Å². The molecule has 0 unspecified atom stereocenters. The summed E-state index contributed by atoms with van der Waals surface area (Å²) >= 11 is 0. The molecule has 0 aromatic carbocycles. The number of nitrogens with zero attached hydrogens (tertiary/aromatic N) is 4. The molecule has 6 heteroatoms. The lowest BCUT2D eigenvalue weighted by Crippen LogP contribution is -2.13. The molecule has 2 aromatic rings. The highest BCUT2D eigenvalue weighted by Crippen LogP contribution is 2.36. The maximum Gasteiger partial charge on any atom is 0.280 e. The number of rotatable bonds is 3. The fourth-order valence-corrected chi connectivity index (χ4v) is 2.84. The van der Waals surface area contributed by atoms with Crippen molar-refractivity contribution < 1.29 is 4.52 Å². The van der Waals surface area contributed by atoms with Crippen LogP contribution in [0, 0.1) is 5.92 Å². The number of aromatic nitrogens is 4. The summed E-state index contributed by atoms with van der Waals surface area (Å²) in [5.41, 5.74) is 6.24. The quantitative estimate of drug-likeness (QED) is 0.924. The molecule has 2 aromatic heterocycles. The van der Waals surface area contributed by atoms with Crippen molar-refractivity contribution in [1.29, 1.82) is 0 Å². The lowest BCUT2D eigenvalue weighted by Gasteiger charge is -2.25. The number of anilines is 1. The smallest absolute Gasteiger partial charge is 0.280 e. The molecule has 0 radical (unpaired) electrons. The van der Waals surface area contributed by atoms with Gasteiger partial charge in [-0.2, -0.15) is 4.98 Å². The van der Waals surface area contributed by atoms with Gasteiger partial charge in [0.15, 0.2) is 17.3 Å². The Balaban J connectivity index is 1.76. The number of nitrogens with two attached hydrogens (primary N) is 1. The molecule has 1 aliphatic carbocycles. The van der Waals surface area contributed by atoms with Crippen LogP contribution in [0.5, 0.6) is 0 Å². The van der Waals surface area contributed by atoms with E-state index >= 15 is 0 Å². The van der Waals surface area contributed by atoms with Crippen LogP contribution in [0.15, 0.2) is 16.9 Å². The largest absolute Gasteiger partial charge is 0.382 e.